The average molecular weight is 292 g/mol. The predicted molar refractivity (Wildman–Crippen MR) is 83.6 cm³/mol. The van der Waals surface area contributed by atoms with Crippen LogP contribution in [0.25, 0.3) is 0 Å². The number of benzene rings is 1. The summed E-state index contributed by atoms with van der Waals surface area (Å²) in [6.45, 7) is 9.24. The largest absolute Gasteiger partial charge is 0.480 e. The first-order valence-electron chi connectivity index (χ1n) is 7.05. The first-order valence-corrected chi connectivity index (χ1v) is 7.05. The van der Waals surface area contributed by atoms with Gasteiger partial charge in [-0.2, -0.15) is 0 Å². The molecular formula is C16H24N2O3. The number of aryl methyl sites for hydroxylation is 2. The van der Waals surface area contributed by atoms with Crippen molar-refractivity contribution in [2.45, 2.75) is 47.1 Å². The topological polar surface area (TPSA) is 78.4 Å². The van der Waals surface area contributed by atoms with Crippen LogP contribution in [0.2, 0.25) is 0 Å². The van der Waals surface area contributed by atoms with E-state index in [4.69, 9.17) is 0 Å². The first kappa shape index (κ1) is 17.0. The molecule has 21 heavy (non-hydrogen) atoms. The van der Waals surface area contributed by atoms with Gasteiger partial charge in [-0.25, -0.2) is 9.59 Å². The lowest BCUT2D eigenvalue weighted by Crippen LogP contribution is -2.50. The van der Waals surface area contributed by atoms with Crippen molar-refractivity contribution in [1.82, 2.24) is 5.32 Å². The van der Waals surface area contributed by atoms with Gasteiger partial charge in [-0.15, -0.1) is 0 Å². The lowest BCUT2D eigenvalue weighted by atomic mass is 9.87. The summed E-state index contributed by atoms with van der Waals surface area (Å²) in [5.74, 6) is -1.04. The van der Waals surface area contributed by atoms with Crippen LogP contribution in [-0.4, -0.2) is 23.1 Å². The van der Waals surface area contributed by atoms with Gasteiger partial charge in [0.25, 0.3) is 0 Å². The summed E-state index contributed by atoms with van der Waals surface area (Å²) in [6.07, 6.45) is 0.791. The van der Waals surface area contributed by atoms with Crippen molar-refractivity contribution in [1.29, 1.82) is 0 Å². The Morgan fingerprint density at radius 3 is 2.38 bits per heavy atom. The highest BCUT2D eigenvalue weighted by Crippen LogP contribution is 2.22. The van der Waals surface area contributed by atoms with Gasteiger partial charge in [0, 0.05) is 5.69 Å². The molecule has 1 rings (SSSR count). The number of anilines is 1. The smallest absolute Gasteiger partial charge is 0.326 e. The second kappa shape index (κ2) is 6.61. The molecule has 0 saturated heterocycles. The summed E-state index contributed by atoms with van der Waals surface area (Å²) in [6, 6.07) is 4.34. The van der Waals surface area contributed by atoms with Gasteiger partial charge in [-0.3, -0.25) is 0 Å². The van der Waals surface area contributed by atoms with E-state index in [1.54, 1.807) is 20.8 Å². The van der Waals surface area contributed by atoms with E-state index in [2.05, 4.69) is 10.6 Å². The maximum atomic E-state index is 12.1. The third kappa shape index (κ3) is 4.48. The number of carboxylic acid groups (broad SMARTS) is 1. The van der Waals surface area contributed by atoms with Crippen molar-refractivity contribution >= 4 is 17.7 Å². The minimum Gasteiger partial charge on any atom is -0.480 e. The van der Waals surface area contributed by atoms with Crippen molar-refractivity contribution in [2.24, 2.45) is 5.41 Å². The van der Waals surface area contributed by atoms with E-state index in [0.29, 0.717) is 0 Å². The number of carbonyl (C=O) groups is 2. The molecule has 0 aliphatic heterocycles. The Labute approximate surface area is 125 Å². The van der Waals surface area contributed by atoms with Gasteiger partial charge in [0.2, 0.25) is 0 Å². The molecule has 0 radical (unpaired) electrons. The molecule has 116 valence electrons. The Bertz CT molecular complexity index is 533. The van der Waals surface area contributed by atoms with E-state index in [1.807, 2.05) is 32.0 Å². The Hall–Kier alpha value is -2.04. The zero-order valence-corrected chi connectivity index (χ0v) is 13.3. The number of urea groups is 1. The SMILES string of the molecule is CCc1cccc(C)c1NC(=O)N[C@@H](C(=O)O)C(C)(C)C. The molecule has 0 aromatic heterocycles. The van der Waals surface area contributed by atoms with E-state index >= 15 is 0 Å². The fourth-order valence-corrected chi connectivity index (χ4v) is 2.13. The summed E-state index contributed by atoms with van der Waals surface area (Å²) in [7, 11) is 0. The van der Waals surface area contributed by atoms with Crippen LogP contribution >= 0.6 is 0 Å². The number of rotatable bonds is 4. The summed E-state index contributed by atoms with van der Waals surface area (Å²) in [4.78, 5) is 23.4. The van der Waals surface area contributed by atoms with Crippen molar-refractivity contribution < 1.29 is 14.7 Å². The van der Waals surface area contributed by atoms with E-state index in [-0.39, 0.29) is 0 Å². The molecule has 1 aromatic carbocycles. The normalized spacial score (nSPS) is 12.6. The maximum Gasteiger partial charge on any atom is 0.326 e. The van der Waals surface area contributed by atoms with Gasteiger partial charge in [-0.05, 0) is 29.9 Å². The number of carboxylic acids is 1. The molecule has 0 unspecified atom stereocenters. The summed E-state index contributed by atoms with van der Waals surface area (Å²) in [5, 5.41) is 14.5. The summed E-state index contributed by atoms with van der Waals surface area (Å²) < 4.78 is 0. The molecule has 1 aromatic rings. The molecule has 0 aliphatic carbocycles. The Morgan fingerprint density at radius 1 is 1.29 bits per heavy atom. The molecule has 0 fully saturated rings. The maximum absolute atomic E-state index is 12.1. The number of amides is 2. The first-order chi connectivity index (χ1) is 9.66. The van der Waals surface area contributed by atoms with Gasteiger partial charge >= 0.3 is 12.0 Å². The fourth-order valence-electron chi connectivity index (χ4n) is 2.13. The predicted octanol–water partition coefficient (Wildman–Crippen LogP) is 3.18. The van der Waals surface area contributed by atoms with Crippen LogP contribution in [0.4, 0.5) is 10.5 Å². The van der Waals surface area contributed by atoms with Gasteiger partial charge in [0.05, 0.1) is 0 Å². The van der Waals surface area contributed by atoms with Gasteiger partial charge < -0.3 is 15.7 Å². The summed E-state index contributed by atoms with van der Waals surface area (Å²) >= 11 is 0. The van der Waals surface area contributed by atoms with Gasteiger partial charge in [0.1, 0.15) is 6.04 Å². The molecule has 0 heterocycles. The van der Waals surface area contributed by atoms with Crippen molar-refractivity contribution in [3.8, 4) is 0 Å². The minimum atomic E-state index is -1.04. The molecular weight excluding hydrogens is 268 g/mol. The zero-order valence-electron chi connectivity index (χ0n) is 13.3. The second-order valence-corrected chi connectivity index (χ2v) is 6.20. The van der Waals surface area contributed by atoms with Crippen LogP contribution < -0.4 is 10.6 Å². The second-order valence-electron chi connectivity index (χ2n) is 6.20. The van der Waals surface area contributed by atoms with Crippen molar-refractivity contribution in [3.05, 3.63) is 29.3 Å². The fraction of sp³-hybridized carbons (Fsp3) is 0.500. The molecule has 1 atom stereocenters. The Morgan fingerprint density at radius 2 is 1.90 bits per heavy atom. The lowest BCUT2D eigenvalue weighted by Gasteiger charge is -2.28. The lowest BCUT2D eigenvalue weighted by molar-refractivity contribution is -0.141. The monoisotopic (exact) mass is 292 g/mol. The molecule has 3 N–H and O–H groups in total. The van der Waals surface area contributed by atoms with Crippen molar-refractivity contribution in [2.75, 3.05) is 5.32 Å². The Balaban J connectivity index is 2.90. The third-order valence-electron chi connectivity index (χ3n) is 3.37. The molecule has 0 aliphatic rings. The number of hydrogen-bond donors (Lipinski definition) is 3. The standard InChI is InChI=1S/C16H24N2O3/c1-6-11-9-7-8-10(2)12(11)17-15(21)18-13(14(19)20)16(3,4)5/h7-9,13H,6H2,1-5H3,(H,19,20)(H2,17,18,21)/t13-/m0/s1. The van der Waals surface area contributed by atoms with E-state index < -0.39 is 23.5 Å². The number of aliphatic carboxylic acids is 1. The molecule has 0 spiro atoms. The van der Waals surface area contributed by atoms with Crippen LogP contribution in [0.1, 0.15) is 38.8 Å². The van der Waals surface area contributed by atoms with E-state index in [0.717, 1.165) is 23.2 Å². The minimum absolute atomic E-state index is 0.499. The average Bonchev–Trinajstić information content (AvgIpc) is 2.36. The highest BCUT2D eigenvalue weighted by molar-refractivity contribution is 5.93. The number of carbonyl (C=O) groups excluding carboxylic acids is 1. The highest BCUT2D eigenvalue weighted by Gasteiger charge is 2.32. The van der Waals surface area contributed by atoms with E-state index in [9.17, 15) is 14.7 Å². The van der Waals surface area contributed by atoms with Crippen LogP contribution in [0.3, 0.4) is 0 Å². The molecule has 5 heteroatoms. The van der Waals surface area contributed by atoms with E-state index in [1.165, 1.54) is 0 Å². The van der Waals surface area contributed by atoms with Crippen molar-refractivity contribution in [3.63, 3.8) is 0 Å². The van der Waals surface area contributed by atoms with Gasteiger partial charge in [0.15, 0.2) is 0 Å². The Kier molecular flexibility index (Phi) is 5.35. The zero-order chi connectivity index (χ0) is 16.2. The number of para-hydroxylation sites is 1. The van der Waals surface area contributed by atoms with Crippen LogP contribution in [0, 0.1) is 12.3 Å². The third-order valence-corrected chi connectivity index (χ3v) is 3.37. The van der Waals surface area contributed by atoms with Gasteiger partial charge in [-0.1, -0.05) is 45.9 Å². The molecule has 0 saturated carbocycles. The van der Waals surface area contributed by atoms with Crippen LogP contribution in [-0.2, 0) is 11.2 Å². The highest BCUT2D eigenvalue weighted by atomic mass is 16.4. The number of hydrogen-bond acceptors (Lipinski definition) is 2. The summed E-state index contributed by atoms with van der Waals surface area (Å²) in [5.41, 5.74) is 2.15. The molecule has 0 bridgehead atoms. The quantitative estimate of drug-likeness (QED) is 0.797. The van der Waals surface area contributed by atoms with Crippen LogP contribution in [0.5, 0.6) is 0 Å². The van der Waals surface area contributed by atoms with Crippen LogP contribution in [0.15, 0.2) is 18.2 Å². The molecule has 5 nitrogen and oxygen atoms in total. The number of nitrogens with one attached hydrogen (secondary N) is 2. The molecule has 2 amide bonds.